The number of aliphatic hydroxyl groups excluding tert-OH is 1. The monoisotopic (exact) mass is 289 g/mol. The number of rotatable bonds is 6. The average molecular weight is 289 g/mol. The van der Waals surface area contributed by atoms with E-state index in [1.54, 1.807) is 0 Å². The first-order chi connectivity index (χ1) is 9.76. The van der Waals surface area contributed by atoms with Crippen LogP contribution < -0.4 is 5.32 Å². The van der Waals surface area contributed by atoms with Crippen molar-refractivity contribution in [3.05, 3.63) is 46.7 Å². The molecule has 1 aromatic heterocycles. The van der Waals surface area contributed by atoms with Crippen LogP contribution in [0.15, 0.2) is 41.8 Å². The highest BCUT2D eigenvalue weighted by Gasteiger charge is 2.17. The maximum absolute atomic E-state index is 12.4. The van der Waals surface area contributed by atoms with Crippen molar-refractivity contribution >= 4 is 17.2 Å². The van der Waals surface area contributed by atoms with Crippen molar-refractivity contribution < 1.29 is 9.90 Å². The number of amides is 1. The van der Waals surface area contributed by atoms with Crippen LogP contribution in [-0.2, 0) is 0 Å². The van der Waals surface area contributed by atoms with Gasteiger partial charge in [-0.15, -0.1) is 11.3 Å². The van der Waals surface area contributed by atoms with E-state index in [4.69, 9.17) is 5.11 Å². The van der Waals surface area contributed by atoms with Crippen LogP contribution in [0.2, 0.25) is 0 Å². The predicted molar refractivity (Wildman–Crippen MR) is 83.0 cm³/mol. The van der Waals surface area contributed by atoms with E-state index in [2.05, 4.69) is 5.32 Å². The van der Waals surface area contributed by atoms with Gasteiger partial charge >= 0.3 is 0 Å². The molecular weight excluding hydrogens is 270 g/mol. The maximum atomic E-state index is 12.4. The fraction of sp³-hybridized carbons (Fsp3) is 0.312. The minimum absolute atomic E-state index is 0.0261. The van der Waals surface area contributed by atoms with E-state index < -0.39 is 0 Å². The zero-order chi connectivity index (χ0) is 14.4. The quantitative estimate of drug-likeness (QED) is 0.857. The number of hydrogen-bond acceptors (Lipinski definition) is 3. The highest BCUT2D eigenvalue weighted by molar-refractivity contribution is 7.12. The predicted octanol–water partition coefficient (Wildman–Crippen LogP) is 3.31. The molecule has 0 aliphatic rings. The normalized spacial score (nSPS) is 12.1. The fourth-order valence-corrected chi connectivity index (χ4v) is 2.93. The second kappa shape index (κ2) is 7.22. The molecular formula is C16H19NO2S. The molecule has 0 aliphatic carbocycles. The Balaban J connectivity index is 2.18. The molecule has 4 heteroatoms. The molecule has 0 saturated heterocycles. The Labute approximate surface area is 123 Å². The molecule has 2 rings (SSSR count). The van der Waals surface area contributed by atoms with Crippen molar-refractivity contribution in [2.75, 3.05) is 6.61 Å². The molecule has 106 valence electrons. The van der Waals surface area contributed by atoms with Crippen LogP contribution >= 0.6 is 11.3 Å². The number of aliphatic hydroxyl groups is 1. The summed E-state index contributed by atoms with van der Waals surface area (Å²) in [6, 6.07) is 11.9. The van der Waals surface area contributed by atoms with E-state index in [0.29, 0.717) is 6.42 Å². The molecule has 2 aromatic rings. The lowest BCUT2D eigenvalue weighted by atomic mass is 10.1. The lowest BCUT2D eigenvalue weighted by Crippen LogP contribution is -2.34. The molecule has 0 bridgehead atoms. The third kappa shape index (κ3) is 3.46. The summed E-state index contributed by atoms with van der Waals surface area (Å²) in [4.78, 5) is 13.1. The molecule has 0 spiro atoms. The summed E-state index contributed by atoms with van der Waals surface area (Å²) in [5.41, 5.74) is 2.01. The van der Waals surface area contributed by atoms with Crippen LogP contribution in [0.4, 0.5) is 0 Å². The van der Waals surface area contributed by atoms with E-state index in [1.807, 2.05) is 48.7 Å². The highest BCUT2D eigenvalue weighted by atomic mass is 32.1. The Morgan fingerprint density at radius 3 is 2.70 bits per heavy atom. The highest BCUT2D eigenvalue weighted by Crippen LogP contribution is 2.28. The van der Waals surface area contributed by atoms with Gasteiger partial charge in [0.15, 0.2) is 0 Å². The first kappa shape index (κ1) is 14.8. The van der Waals surface area contributed by atoms with Crippen molar-refractivity contribution in [1.29, 1.82) is 0 Å². The van der Waals surface area contributed by atoms with E-state index in [0.717, 1.165) is 22.4 Å². The zero-order valence-electron chi connectivity index (χ0n) is 11.5. The van der Waals surface area contributed by atoms with Gasteiger partial charge < -0.3 is 10.4 Å². The topological polar surface area (TPSA) is 49.3 Å². The van der Waals surface area contributed by atoms with E-state index >= 15 is 0 Å². The fourth-order valence-electron chi connectivity index (χ4n) is 2.12. The number of nitrogens with one attached hydrogen (secondary N) is 1. The summed E-state index contributed by atoms with van der Waals surface area (Å²) in [7, 11) is 0. The minimum Gasteiger partial charge on any atom is -0.396 e. The van der Waals surface area contributed by atoms with Gasteiger partial charge in [-0.25, -0.2) is 0 Å². The van der Waals surface area contributed by atoms with E-state index in [9.17, 15) is 4.79 Å². The summed E-state index contributed by atoms with van der Waals surface area (Å²) < 4.78 is 0. The number of carbonyl (C=O) groups excluding carboxylic acids is 1. The second-order valence-corrected chi connectivity index (χ2v) is 5.54. The van der Waals surface area contributed by atoms with Crippen LogP contribution in [0.1, 0.15) is 29.4 Å². The molecule has 1 amide bonds. The van der Waals surface area contributed by atoms with Crippen LogP contribution in [-0.4, -0.2) is 23.7 Å². The third-order valence-corrected chi connectivity index (χ3v) is 4.18. The first-order valence-corrected chi connectivity index (χ1v) is 7.68. The van der Waals surface area contributed by atoms with Crippen molar-refractivity contribution in [3.8, 4) is 11.1 Å². The number of thiophene rings is 1. The van der Waals surface area contributed by atoms with Gasteiger partial charge in [0.05, 0.1) is 4.88 Å². The first-order valence-electron chi connectivity index (χ1n) is 6.81. The minimum atomic E-state index is -0.0563. The molecule has 0 saturated carbocycles. The van der Waals surface area contributed by atoms with Gasteiger partial charge in [0.25, 0.3) is 5.91 Å². The summed E-state index contributed by atoms with van der Waals surface area (Å²) in [6.45, 7) is 2.10. The Morgan fingerprint density at radius 2 is 2.05 bits per heavy atom. The summed E-state index contributed by atoms with van der Waals surface area (Å²) in [5.74, 6) is -0.0563. The zero-order valence-corrected chi connectivity index (χ0v) is 12.3. The van der Waals surface area contributed by atoms with Gasteiger partial charge in [0.2, 0.25) is 0 Å². The van der Waals surface area contributed by atoms with Gasteiger partial charge in [-0.1, -0.05) is 37.3 Å². The van der Waals surface area contributed by atoms with E-state index in [1.165, 1.54) is 11.3 Å². The summed E-state index contributed by atoms with van der Waals surface area (Å²) >= 11 is 1.45. The number of carbonyl (C=O) groups is 1. The maximum Gasteiger partial charge on any atom is 0.262 e. The van der Waals surface area contributed by atoms with Gasteiger partial charge in [-0.05, 0) is 29.9 Å². The molecule has 1 heterocycles. The van der Waals surface area contributed by atoms with Crippen LogP contribution in [0.25, 0.3) is 11.1 Å². The number of benzene rings is 1. The average Bonchev–Trinajstić information content (AvgIpc) is 2.97. The molecule has 2 N–H and O–H groups in total. The Hall–Kier alpha value is -1.65. The molecule has 0 fully saturated rings. The van der Waals surface area contributed by atoms with Crippen LogP contribution in [0.5, 0.6) is 0 Å². The molecule has 0 radical (unpaired) electrons. The molecule has 1 aromatic carbocycles. The largest absolute Gasteiger partial charge is 0.396 e. The Kier molecular flexibility index (Phi) is 5.32. The summed E-state index contributed by atoms with van der Waals surface area (Å²) in [5, 5.41) is 13.9. The Morgan fingerprint density at radius 1 is 1.30 bits per heavy atom. The lowest BCUT2D eigenvalue weighted by Gasteiger charge is -2.15. The third-order valence-electron chi connectivity index (χ3n) is 3.26. The van der Waals surface area contributed by atoms with Crippen molar-refractivity contribution in [1.82, 2.24) is 5.32 Å². The van der Waals surface area contributed by atoms with Crippen LogP contribution in [0, 0.1) is 0 Å². The van der Waals surface area contributed by atoms with Crippen molar-refractivity contribution in [3.63, 3.8) is 0 Å². The van der Waals surface area contributed by atoms with E-state index in [-0.39, 0.29) is 18.6 Å². The van der Waals surface area contributed by atoms with Gasteiger partial charge in [-0.2, -0.15) is 0 Å². The molecule has 1 atom stereocenters. The van der Waals surface area contributed by atoms with Crippen molar-refractivity contribution in [2.24, 2.45) is 0 Å². The second-order valence-electron chi connectivity index (χ2n) is 4.62. The smallest absolute Gasteiger partial charge is 0.262 e. The lowest BCUT2D eigenvalue weighted by molar-refractivity contribution is 0.0934. The SMILES string of the molecule is CCC(CCO)NC(=O)c1sccc1-c1ccccc1. The van der Waals surface area contributed by atoms with Crippen LogP contribution in [0.3, 0.4) is 0 Å². The molecule has 20 heavy (non-hydrogen) atoms. The molecule has 3 nitrogen and oxygen atoms in total. The summed E-state index contributed by atoms with van der Waals surface area (Å²) in [6.07, 6.45) is 1.41. The molecule has 1 unspecified atom stereocenters. The number of hydrogen-bond donors (Lipinski definition) is 2. The standard InChI is InChI=1S/C16H19NO2S/c1-2-13(8-10-18)17-16(19)15-14(9-11-20-15)12-6-4-3-5-7-12/h3-7,9,11,13,18H,2,8,10H2,1H3,(H,17,19). The Bertz CT molecular complexity index is 551. The van der Waals surface area contributed by atoms with Gasteiger partial charge in [0, 0.05) is 18.2 Å². The van der Waals surface area contributed by atoms with Crippen molar-refractivity contribution in [2.45, 2.75) is 25.8 Å². The van der Waals surface area contributed by atoms with Gasteiger partial charge in [0.1, 0.15) is 0 Å². The van der Waals surface area contributed by atoms with Gasteiger partial charge in [-0.3, -0.25) is 4.79 Å². The molecule has 0 aliphatic heterocycles.